The monoisotopic (exact) mass is 531 g/mol. The van der Waals surface area contributed by atoms with Crippen molar-refractivity contribution < 1.29 is 19.0 Å². The van der Waals surface area contributed by atoms with E-state index in [1.165, 1.54) is 6.07 Å². The van der Waals surface area contributed by atoms with Gasteiger partial charge in [-0.05, 0) is 50.2 Å². The van der Waals surface area contributed by atoms with Gasteiger partial charge in [-0.25, -0.2) is 4.39 Å². The van der Waals surface area contributed by atoms with Crippen molar-refractivity contribution in [1.82, 2.24) is 20.1 Å². The SMILES string of the molecule is CC(O)CC1CN(c2ccc3cc2OCCCOCc2cccc(F)c2-c2cc4c-3n[nH]c4cn2)CCN1C. The highest BCUT2D eigenvalue weighted by Crippen LogP contribution is 2.38. The largest absolute Gasteiger partial charge is 0.491 e. The van der Waals surface area contributed by atoms with E-state index in [-0.39, 0.29) is 24.6 Å². The fourth-order valence-electron chi connectivity index (χ4n) is 5.63. The number of rotatable bonds is 3. The van der Waals surface area contributed by atoms with Gasteiger partial charge in [0.1, 0.15) is 17.3 Å². The molecule has 2 aromatic heterocycles. The number of benzene rings is 2. The number of nitrogens with one attached hydrogen (secondary N) is 1. The first-order valence-corrected chi connectivity index (χ1v) is 13.6. The van der Waals surface area contributed by atoms with Crippen LogP contribution in [0.5, 0.6) is 5.75 Å². The highest BCUT2D eigenvalue weighted by molar-refractivity contribution is 5.95. The quantitative estimate of drug-likeness (QED) is 0.399. The molecular formula is C30H34FN5O3. The Morgan fingerprint density at radius 3 is 2.95 bits per heavy atom. The number of aliphatic hydroxyl groups excluding tert-OH is 1. The van der Waals surface area contributed by atoms with Crippen LogP contribution in [0.1, 0.15) is 25.3 Å². The molecule has 8 nitrogen and oxygen atoms in total. The molecule has 2 aliphatic heterocycles. The Bertz CT molecular complexity index is 1470. The van der Waals surface area contributed by atoms with Gasteiger partial charge in [0.25, 0.3) is 0 Å². The van der Waals surface area contributed by atoms with Gasteiger partial charge in [-0.15, -0.1) is 0 Å². The number of hydrogen-bond acceptors (Lipinski definition) is 7. The number of H-pyrrole nitrogens is 1. The maximum atomic E-state index is 15.1. The van der Waals surface area contributed by atoms with Crippen LogP contribution in [0.4, 0.5) is 10.1 Å². The number of halogens is 1. The molecule has 0 radical (unpaired) electrons. The zero-order chi connectivity index (χ0) is 26.9. The average molecular weight is 532 g/mol. The van der Waals surface area contributed by atoms with Crippen molar-refractivity contribution in [2.75, 3.05) is 44.8 Å². The van der Waals surface area contributed by atoms with E-state index in [4.69, 9.17) is 9.47 Å². The van der Waals surface area contributed by atoms with Gasteiger partial charge in [0, 0.05) is 48.6 Å². The summed E-state index contributed by atoms with van der Waals surface area (Å²) in [5.41, 5.74) is 5.24. The topological polar surface area (TPSA) is 86.7 Å². The van der Waals surface area contributed by atoms with Crippen LogP contribution >= 0.6 is 0 Å². The summed E-state index contributed by atoms with van der Waals surface area (Å²) in [4.78, 5) is 9.22. The molecule has 2 unspecified atom stereocenters. The highest BCUT2D eigenvalue weighted by atomic mass is 19.1. The van der Waals surface area contributed by atoms with Crippen LogP contribution in [0.2, 0.25) is 0 Å². The summed E-state index contributed by atoms with van der Waals surface area (Å²) in [6.07, 6.45) is 2.76. The fraction of sp³-hybridized carbons (Fsp3) is 0.400. The number of pyridine rings is 1. The summed E-state index contributed by atoms with van der Waals surface area (Å²) in [5.74, 6) is 0.468. The molecule has 2 atom stereocenters. The van der Waals surface area contributed by atoms with Crippen molar-refractivity contribution in [3.05, 3.63) is 60.0 Å². The van der Waals surface area contributed by atoms with E-state index in [1.807, 2.05) is 25.1 Å². The highest BCUT2D eigenvalue weighted by Gasteiger charge is 2.27. The predicted octanol–water partition coefficient (Wildman–Crippen LogP) is 4.62. The number of likely N-dealkylation sites (N-methyl/N-ethyl adjacent to an activating group) is 1. The Morgan fingerprint density at radius 1 is 1.18 bits per heavy atom. The van der Waals surface area contributed by atoms with E-state index in [1.54, 1.807) is 12.3 Å². The second kappa shape index (κ2) is 10.9. The minimum Gasteiger partial charge on any atom is -0.491 e. The first kappa shape index (κ1) is 25.7. The lowest BCUT2D eigenvalue weighted by atomic mass is 10.0. The van der Waals surface area contributed by atoms with Crippen molar-refractivity contribution in [3.63, 3.8) is 0 Å². The standard InChI is InChI=1S/C30H34FN5O3/c1-19(37)13-22-17-36(10-9-35(22)2)27-8-7-20-14-28(27)39-12-4-11-38-18-21-5-3-6-24(31)29(21)25-15-23-26(16-32-25)33-34-30(20)23/h3,5-8,14-16,19,22,37H,4,9-13,17-18H2,1-2H3,(H,33,34). The summed E-state index contributed by atoms with van der Waals surface area (Å²) in [6.45, 7) is 5.70. The average Bonchev–Trinajstić information content (AvgIpc) is 3.34. The third-order valence-corrected chi connectivity index (χ3v) is 7.72. The number of piperazine rings is 1. The molecule has 4 aromatic rings. The molecule has 9 heteroatoms. The van der Waals surface area contributed by atoms with Crippen LogP contribution in [-0.2, 0) is 11.3 Å². The number of nitrogens with zero attached hydrogens (tertiary/aromatic N) is 4. The van der Waals surface area contributed by atoms with E-state index in [2.05, 4.69) is 44.2 Å². The predicted molar refractivity (Wildman–Crippen MR) is 149 cm³/mol. The third kappa shape index (κ3) is 5.22. The van der Waals surface area contributed by atoms with Gasteiger partial charge in [-0.1, -0.05) is 18.2 Å². The summed E-state index contributed by atoms with van der Waals surface area (Å²) in [7, 11) is 2.12. The second-order valence-electron chi connectivity index (χ2n) is 10.6. The van der Waals surface area contributed by atoms with Gasteiger partial charge in [-0.2, -0.15) is 5.10 Å². The zero-order valence-electron chi connectivity index (χ0n) is 22.4. The van der Waals surface area contributed by atoms with E-state index in [0.29, 0.717) is 30.9 Å². The van der Waals surface area contributed by atoms with Crippen molar-refractivity contribution in [2.45, 2.75) is 38.5 Å². The van der Waals surface area contributed by atoms with Gasteiger partial charge in [-0.3, -0.25) is 15.0 Å². The molecule has 1 fully saturated rings. The normalized spacial score (nSPS) is 19.3. The number of ether oxygens (including phenoxy) is 2. The van der Waals surface area contributed by atoms with Gasteiger partial charge < -0.3 is 19.5 Å². The molecule has 2 aliphatic rings. The number of aromatic nitrogens is 3. The molecule has 2 N–H and O–H groups in total. The van der Waals surface area contributed by atoms with Crippen molar-refractivity contribution in [3.8, 4) is 28.3 Å². The Hall–Kier alpha value is -3.53. The Kier molecular flexibility index (Phi) is 7.20. The Balaban J connectivity index is 1.42. The van der Waals surface area contributed by atoms with E-state index >= 15 is 4.39 Å². The summed E-state index contributed by atoms with van der Waals surface area (Å²) in [5, 5.41) is 18.6. The lowest BCUT2D eigenvalue weighted by Crippen LogP contribution is -2.52. The summed E-state index contributed by atoms with van der Waals surface area (Å²) >= 11 is 0. The van der Waals surface area contributed by atoms with Crippen LogP contribution in [0, 0.1) is 5.82 Å². The van der Waals surface area contributed by atoms with Crippen molar-refractivity contribution in [2.24, 2.45) is 0 Å². The number of anilines is 1. The molecule has 0 spiro atoms. The van der Waals surface area contributed by atoms with Crippen molar-refractivity contribution in [1.29, 1.82) is 0 Å². The number of aromatic amines is 1. The lowest BCUT2D eigenvalue weighted by Gasteiger charge is -2.41. The number of fused-ring (bicyclic) bond motifs is 6. The minimum absolute atomic E-state index is 0.254. The molecule has 0 saturated carbocycles. The minimum atomic E-state index is -0.356. The van der Waals surface area contributed by atoms with Crippen LogP contribution < -0.4 is 9.64 Å². The molecule has 0 amide bonds. The van der Waals surface area contributed by atoms with Gasteiger partial charge in [0.05, 0.1) is 49.0 Å². The van der Waals surface area contributed by atoms with Gasteiger partial charge in [0.2, 0.25) is 0 Å². The van der Waals surface area contributed by atoms with Crippen LogP contribution in [-0.4, -0.2) is 77.2 Å². The maximum absolute atomic E-state index is 15.1. The third-order valence-electron chi connectivity index (χ3n) is 7.72. The number of hydrogen-bond donors (Lipinski definition) is 2. The Morgan fingerprint density at radius 2 is 2.08 bits per heavy atom. The first-order chi connectivity index (χ1) is 19.0. The second-order valence-corrected chi connectivity index (χ2v) is 10.6. The molecule has 4 heterocycles. The zero-order valence-corrected chi connectivity index (χ0v) is 22.4. The van der Waals surface area contributed by atoms with E-state index < -0.39 is 0 Å². The van der Waals surface area contributed by atoms with Crippen LogP contribution in [0.3, 0.4) is 0 Å². The molecule has 0 aliphatic carbocycles. The Labute approximate surface area is 227 Å². The molecule has 4 bridgehead atoms. The van der Waals surface area contributed by atoms with Gasteiger partial charge in [0.15, 0.2) is 0 Å². The van der Waals surface area contributed by atoms with Gasteiger partial charge >= 0.3 is 0 Å². The van der Waals surface area contributed by atoms with Crippen molar-refractivity contribution >= 4 is 16.6 Å². The maximum Gasteiger partial charge on any atom is 0.143 e. The molecule has 39 heavy (non-hydrogen) atoms. The van der Waals surface area contributed by atoms with Crippen LogP contribution in [0.15, 0.2) is 48.7 Å². The summed E-state index contributed by atoms with van der Waals surface area (Å²) in [6, 6.07) is 13.4. The smallest absolute Gasteiger partial charge is 0.143 e. The fourth-order valence-corrected chi connectivity index (χ4v) is 5.63. The molecule has 2 aromatic carbocycles. The molecule has 6 rings (SSSR count). The van der Waals surface area contributed by atoms with Crippen LogP contribution in [0.25, 0.3) is 33.4 Å². The molecular weight excluding hydrogens is 497 g/mol. The lowest BCUT2D eigenvalue weighted by molar-refractivity contribution is 0.107. The molecule has 204 valence electrons. The first-order valence-electron chi connectivity index (χ1n) is 13.6. The summed E-state index contributed by atoms with van der Waals surface area (Å²) < 4.78 is 27.4. The van der Waals surface area contributed by atoms with E-state index in [9.17, 15) is 5.11 Å². The van der Waals surface area contributed by atoms with E-state index in [0.717, 1.165) is 65.2 Å². The number of aliphatic hydroxyl groups is 1. The molecule has 1 saturated heterocycles.